The molecule has 1 atom stereocenters. The predicted molar refractivity (Wildman–Crippen MR) is 105 cm³/mol. The highest BCUT2D eigenvalue weighted by Crippen LogP contribution is 2.19. The van der Waals surface area contributed by atoms with Crippen LogP contribution in [0.3, 0.4) is 0 Å². The molecule has 0 aromatic heterocycles. The third-order valence-corrected chi connectivity index (χ3v) is 5.88. The van der Waals surface area contributed by atoms with Gasteiger partial charge in [-0.25, -0.2) is 8.42 Å². The van der Waals surface area contributed by atoms with E-state index in [1.54, 1.807) is 17.8 Å². The molecule has 5 nitrogen and oxygen atoms in total. The van der Waals surface area contributed by atoms with Crippen LogP contribution in [0, 0.1) is 12.3 Å². The topological polar surface area (TPSA) is 75.3 Å². The van der Waals surface area contributed by atoms with Crippen molar-refractivity contribution in [3.63, 3.8) is 0 Å². The van der Waals surface area contributed by atoms with Crippen LogP contribution in [0.2, 0.25) is 0 Å². The number of carbonyl (C=O) groups is 1. The molecule has 2 N–H and O–H groups in total. The summed E-state index contributed by atoms with van der Waals surface area (Å²) in [6.45, 7) is 1.77. The second kappa shape index (κ2) is 8.90. The summed E-state index contributed by atoms with van der Waals surface area (Å²) in [7, 11) is -3.74. The fraction of sp³-hybridized carbons (Fsp3) is 0.211. The lowest BCUT2D eigenvalue weighted by atomic mass is 10.1. The van der Waals surface area contributed by atoms with Crippen LogP contribution in [0.1, 0.15) is 28.9 Å². The number of hydrogen-bond acceptors (Lipinski definition) is 4. The largest absolute Gasteiger partial charge is 0.346 e. The van der Waals surface area contributed by atoms with Gasteiger partial charge in [0.05, 0.1) is 17.5 Å². The summed E-state index contributed by atoms with van der Waals surface area (Å²) in [4.78, 5) is 13.6. The molecule has 2 aromatic carbocycles. The number of benzene rings is 2. The molecule has 136 valence electrons. The van der Waals surface area contributed by atoms with E-state index in [4.69, 9.17) is 6.42 Å². The molecule has 0 heterocycles. The van der Waals surface area contributed by atoms with E-state index in [0.717, 1.165) is 10.5 Å². The van der Waals surface area contributed by atoms with Crippen molar-refractivity contribution in [1.82, 2.24) is 10.0 Å². The molecule has 2 rings (SSSR count). The van der Waals surface area contributed by atoms with Crippen molar-refractivity contribution in [3.05, 3.63) is 59.7 Å². The Morgan fingerprint density at radius 3 is 2.54 bits per heavy atom. The summed E-state index contributed by atoms with van der Waals surface area (Å²) >= 11 is 1.65. The molecule has 0 aliphatic rings. The Morgan fingerprint density at radius 1 is 1.23 bits per heavy atom. The van der Waals surface area contributed by atoms with Gasteiger partial charge in [-0.1, -0.05) is 24.1 Å². The minimum atomic E-state index is -3.74. The number of amides is 1. The maximum absolute atomic E-state index is 12.5. The summed E-state index contributed by atoms with van der Waals surface area (Å²) in [6.07, 6.45) is 7.08. The molecule has 1 unspecified atom stereocenters. The van der Waals surface area contributed by atoms with Gasteiger partial charge in [-0.05, 0) is 49.1 Å². The average Bonchev–Trinajstić information content (AvgIpc) is 2.66. The number of sulfonamides is 1. The number of carbonyl (C=O) groups excluding carboxylic acids is 1. The third kappa shape index (κ3) is 5.11. The van der Waals surface area contributed by atoms with Gasteiger partial charge in [0, 0.05) is 10.5 Å². The first-order chi connectivity index (χ1) is 12.4. The Morgan fingerprint density at radius 2 is 1.92 bits per heavy atom. The van der Waals surface area contributed by atoms with Crippen LogP contribution < -0.4 is 10.0 Å². The maximum atomic E-state index is 12.5. The summed E-state index contributed by atoms with van der Waals surface area (Å²) < 4.78 is 26.5. The normalized spacial score (nSPS) is 12.2. The highest BCUT2D eigenvalue weighted by Gasteiger charge is 2.17. The van der Waals surface area contributed by atoms with E-state index in [1.807, 2.05) is 37.4 Å². The zero-order chi connectivity index (χ0) is 19.2. The average molecular weight is 389 g/mol. The van der Waals surface area contributed by atoms with Crippen LogP contribution in [0.25, 0.3) is 0 Å². The number of hydrogen-bond donors (Lipinski definition) is 2. The molecule has 0 aliphatic heterocycles. The van der Waals surface area contributed by atoms with E-state index >= 15 is 0 Å². The lowest BCUT2D eigenvalue weighted by molar-refractivity contribution is 0.0939. The van der Waals surface area contributed by atoms with E-state index in [0.29, 0.717) is 0 Å². The standard InChI is InChI=1S/C19H20N2O3S2/c1-4-12-20-26(23,24)18-7-5-6-16(13-18)19(22)21-14(2)15-8-10-17(25-3)11-9-15/h1,5-11,13-14,20H,12H2,2-3H3,(H,21,22). The van der Waals surface area contributed by atoms with Crippen LogP contribution in [-0.2, 0) is 10.0 Å². The highest BCUT2D eigenvalue weighted by atomic mass is 32.2. The molecule has 0 radical (unpaired) electrons. The Kier molecular flexibility index (Phi) is 6.86. The lowest BCUT2D eigenvalue weighted by Gasteiger charge is -2.15. The first-order valence-corrected chi connectivity index (χ1v) is 10.6. The molecule has 0 fully saturated rings. The minimum absolute atomic E-state index is 0.00243. The summed E-state index contributed by atoms with van der Waals surface area (Å²) in [5.74, 6) is 1.87. The molecule has 0 bridgehead atoms. The second-order valence-electron chi connectivity index (χ2n) is 5.52. The van der Waals surface area contributed by atoms with Gasteiger partial charge in [0.2, 0.25) is 10.0 Å². The number of rotatable bonds is 7. The zero-order valence-corrected chi connectivity index (χ0v) is 16.2. The number of nitrogens with one attached hydrogen (secondary N) is 2. The Hall–Kier alpha value is -2.27. The fourth-order valence-electron chi connectivity index (χ4n) is 2.28. The zero-order valence-electron chi connectivity index (χ0n) is 14.5. The molecule has 0 saturated carbocycles. The molecule has 26 heavy (non-hydrogen) atoms. The van der Waals surface area contributed by atoms with Gasteiger partial charge in [0.1, 0.15) is 0 Å². The van der Waals surface area contributed by atoms with Crippen molar-refractivity contribution in [2.24, 2.45) is 0 Å². The Bertz CT molecular complexity index is 917. The molecule has 0 saturated heterocycles. The smallest absolute Gasteiger partial charge is 0.251 e. The second-order valence-corrected chi connectivity index (χ2v) is 8.17. The molecular weight excluding hydrogens is 368 g/mol. The summed E-state index contributed by atoms with van der Waals surface area (Å²) in [6, 6.07) is 13.5. The molecule has 1 amide bonds. The van der Waals surface area contributed by atoms with E-state index in [2.05, 4.69) is 16.0 Å². The quantitative estimate of drug-likeness (QED) is 0.565. The van der Waals surface area contributed by atoms with Crippen LogP contribution >= 0.6 is 11.8 Å². The van der Waals surface area contributed by atoms with Crippen LogP contribution in [-0.4, -0.2) is 27.1 Å². The monoisotopic (exact) mass is 388 g/mol. The third-order valence-electron chi connectivity index (χ3n) is 3.73. The number of thioether (sulfide) groups is 1. The highest BCUT2D eigenvalue weighted by molar-refractivity contribution is 7.98. The van der Waals surface area contributed by atoms with Gasteiger partial charge < -0.3 is 5.32 Å². The van der Waals surface area contributed by atoms with Crippen molar-refractivity contribution >= 4 is 27.7 Å². The van der Waals surface area contributed by atoms with E-state index in [9.17, 15) is 13.2 Å². The van der Waals surface area contributed by atoms with Crippen LogP contribution in [0.4, 0.5) is 0 Å². The van der Waals surface area contributed by atoms with E-state index in [-0.39, 0.29) is 29.0 Å². The first-order valence-electron chi connectivity index (χ1n) is 7.85. The van der Waals surface area contributed by atoms with Gasteiger partial charge in [-0.2, -0.15) is 4.72 Å². The van der Waals surface area contributed by atoms with Gasteiger partial charge in [-0.15, -0.1) is 18.2 Å². The minimum Gasteiger partial charge on any atom is -0.346 e. The Labute approximate surface area is 158 Å². The number of terminal acetylenes is 1. The van der Waals surface area contributed by atoms with Crippen molar-refractivity contribution in [3.8, 4) is 12.3 Å². The van der Waals surface area contributed by atoms with Crippen molar-refractivity contribution in [2.75, 3.05) is 12.8 Å². The lowest BCUT2D eigenvalue weighted by Crippen LogP contribution is -2.27. The van der Waals surface area contributed by atoms with Crippen molar-refractivity contribution in [1.29, 1.82) is 0 Å². The van der Waals surface area contributed by atoms with Gasteiger partial charge in [0.15, 0.2) is 0 Å². The molecular formula is C19H20N2O3S2. The Balaban J connectivity index is 2.14. The van der Waals surface area contributed by atoms with E-state index in [1.165, 1.54) is 18.2 Å². The SMILES string of the molecule is C#CCNS(=O)(=O)c1cccc(C(=O)NC(C)c2ccc(SC)cc2)c1. The summed E-state index contributed by atoms with van der Waals surface area (Å²) in [5.41, 5.74) is 1.23. The predicted octanol–water partition coefficient (Wildman–Crippen LogP) is 2.81. The fourth-order valence-corrected chi connectivity index (χ4v) is 3.67. The molecule has 2 aromatic rings. The molecule has 0 spiro atoms. The van der Waals surface area contributed by atoms with E-state index < -0.39 is 10.0 Å². The molecule has 7 heteroatoms. The van der Waals surface area contributed by atoms with Crippen molar-refractivity contribution in [2.45, 2.75) is 22.8 Å². The van der Waals surface area contributed by atoms with Crippen LogP contribution in [0.5, 0.6) is 0 Å². The van der Waals surface area contributed by atoms with Gasteiger partial charge >= 0.3 is 0 Å². The molecule has 0 aliphatic carbocycles. The van der Waals surface area contributed by atoms with Gasteiger partial charge in [0.25, 0.3) is 5.91 Å². The maximum Gasteiger partial charge on any atom is 0.251 e. The van der Waals surface area contributed by atoms with Crippen molar-refractivity contribution < 1.29 is 13.2 Å². The van der Waals surface area contributed by atoms with Crippen LogP contribution in [0.15, 0.2) is 58.3 Å². The summed E-state index contributed by atoms with van der Waals surface area (Å²) in [5, 5.41) is 2.88. The first kappa shape index (κ1) is 20.0. The van der Waals surface area contributed by atoms with Gasteiger partial charge in [-0.3, -0.25) is 4.79 Å².